The molecule has 132 valence electrons. The first-order valence-corrected chi connectivity index (χ1v) is 8.50. The zero-order valence-corrected chi connectivity index (χ0v) is 14.7. The molecule has 2 N–H and O–H groups in total. The van der Waals surface area contributed by atoms with Crippen molar-refractivity contribution in [1.82, 2.24) is 10.2 Å². The van der Waals surface area contributed by atoms with E-state index in [1.165, 1.54) is 0 Å². The molecule has 0 aliphatic carbocycles. The van der Waals surface area contributed by atoms with Crippen molar-refractivity contribution in [1.29, 1.82) is 0 Å². The Morgan fingerprint density at radius 1 is 1.38 bits per heavy atom. The molecule has 1 aromatic rings. The van der Waals surface area contributed by atoms with Crippen LogP contribution in [0.5, 0.6) is 5.75 Å². The SMILES string of the molecule is COc1cccc(NC(=O)N2CCC[C@H]2C(=O)NCCC(C)C)c1. The summed E-state index contributed by atoms with van der Waals surface area (Å²) in [4.78, 5) is 26.5. The number of urea groups is 1. The molecule has 1 aliphatic rings. The molecule has 0 saturated carbocycles. The number of benzene rings is 1. The van der Waals surface area contributed by atoms with Gasteiger partial charge in [-0.1, -0.05) is 19.9 Å². The smallest absolute Gasteiger partial charge is 0.322 e. The van der Waals surface area contributed by atoms with Gasteiger partial charge in [-0.15, -0.1) is 0 Å². The van der Waals surface area contributed by atoms with Crippen LogP contribution in [0.2, 0.25) is 0 Å². The molecule has 1 saturated heterocycles. The quantitative estimate of drug-likeness (QED) is 0.841. The van der Waals surface area contributed by atoms with Gasteiger partial charge in [0.15, 0.2) is 0 Å². The van der Waals surface area contributed by atoms with Gasteiger partial charge in [0.05, 0.1) is 7.11 Å². The van der Waals surface area contributed by atoms with Gasteiger partial charge >= 0.3 is 6.03 Å². The van der Waals surface area contributed by atoms with Crippen molar-refractivity contribution in [2.75, 3.05) is 25.5 Å². The minimum absolute atomic E-state index is 0.0612. The molecule has 0 bridgehead atoms. The number of hydrogen-bond acceptors (Lipinski definition) is 3. The van der Waals surface area contributed by atoms with Crippen molar-refractivity contribution in [3.63, 3.8) is 0 Å². The lowest BCUT2D eigenvalue weighted by Gasteiger charge is -2.24. The molecule has 1 aliphatic heterocycles. The van der Waals surface area contributed by atoms with E-state index >= 15 is 0 Å². The van der Waals surface area contributed by atoms with Crippen LogP contribution in [0.25, 0.3) is 0 Å². The summed E-state index contributed by atoms with van der Waals surface area (Å²) >= 11 is 0. The fourth-order valence-electron chi connectivity index (χ4n) is 2.78. The highest BCUT2D eigenvalue weighted by atomic mass is 16.5. The highest BCUT2D eigenvalue weighted by Crippen LogP contribution is 2.21. The molecule has 2 rings (SSSR count). The molecule has 6 nitrogen and oxygen atoms in total. The second-order valence-electron chi connectivity index (χ2n) is 6.49. The van der Waals surface area contributed by atoms with Crippen LogP contribution < -0.4 is 15.4 Å². The van der Waals surface area contributed by atoms with E-state index in [1.807, 2.05) is 12.1 Å². The lowest BCUT2D eigenvalue weighted by molar-refractivity contribution is -0.124. The van der Waals surface area contributed by atoms with E-state index in [0.717, 1.165) is 12.8 Å². The number of methoxy groups -OCH3 is 1. The standard InChI is InChI=1S/C18H27N3O3/c1-13(2)9-10-19-17(22)16-8-5-11-21(16)18(23)20-14-6-4-7-15(12-14)24-3/h4,6-7,12-13,16H,5,8-11H2,1-3H3,(H,19,22)(H,20,23)/t16-/m0/s1. The predicted molar refractivity (Wildman–Crippen MR) is 94.2 cm³/mol. The number of amides is 3. The molecule has 6 heteroatoms. The lowest BCUT2D eigenvalue weighted by atomic mass is 10.1. The molecule has 3 amide bonds. The molecular weight excluding hydrogens is 306 g/mol. The van der Waals surface area contributed by atoms with Gasteiger partial charge in [-0.2, -0.15) is 0 Å². The summed E-state index contributed by atoms with van der Waals surface area (Å²) in [5.41, 5.74) is 0.658. The number of carbonyl (C=O) groups is 2. The predicted octanol–water partition coefficient (Wildman–Crippen LogP) is 2.85. The van der Waals surface area contributed by atoms with Gasteiger partial charge in [-0.05, 0) is 37.3 Å². The molecule has 1 heterocycles. The average molecular weight is 333 g/mol. The van der Waals surface area contributed by atoms with E-state index < -0.39 is 0 Å². The average Bonchev–Trinajstić information content (AvgIpc) is 3.04. The minimum atomic E-state index is -0.386. The summed E-state index contributed by atoms with van der Waals surface area (Å²) < 4.78 is 5.16. The third kappa shape index (κ3) is 4.88. The Hall–Kier alpha value is -2.24. The molecule has 24 heavy (non-hydrogen) atoms. The van der Waals surface area contributed by atoms with Crippen LogP contribution >= 0.6 is 0 Å². The molecule has 1 aromatic carbocycles. The Morgan fingerprint density at radius 3 is 2.88 bits per heavy atom. The highest BCUT2D eigenvalue weighted by Gasteiger charge is 2.33. The van der Waals surface area contributed by atoms with Crippen molar-refractivity contribution < 1.29 is 14.3 Å². The number of likely N-dealkylation sites (tertiary alicyclic amines) is 1. The summed E-state index contributed by atoms with van der Waals surface area (Å²) in [6.07, 6.45) is 2.49. The summed E-state index contributed by atoms with van der Waals surface area (Å²) in [5.74, 6) is 1.16. The summed E-state index contributed by atoms with van der Waals surface area (Å²) in [5, 5.41) is 5.79. The number of hydrogen-bond donors (Lipinski definition) is 2. The van der Waals surface area contributed by atoms with E-state index in [4.69, 9.17) is 4.74 Å². The maximum absolute atomic E-state index is 12.5. The molecule has 1 atom stereocenters. The number of anilines is 1. The minimum Gasteiger partial charge on any atom is -0.497 e. The molecule has 1 fully saturated rings. The molecule has 0 unspecified atom stereocenters. The summed E-state index contributed by atoms with van der Waals surface area (Å²) in [7, 11) is 1.58. The first kappa shape index (κ1) is 18.1. The van der Waals surface area contributed by atoms with Crippen molar-refractivity contribution in [3.05, 3.63) is 24.3 Å². The Balaban J connectivity index is 1.93. The van der Waals surface area contributed by atoms with Crippen molar-refractivity contribution in [2.24, 2.45) is 5.92 Å². The van der Waals surface area contributed by atoms with Gasteiger partial charge < -0.3 is 20.3 Å². The second kappa shape index (κ2) is 8.57. The molecular formula is C18H27N3O3. The monoisotopic (exact) mass is 333 g/mol. The highest BCUT2D eigenvalue weighted by molar-refractivity contribution is 5.94. The summed E-state index contributed by atoms with van der Waals surface area (Å²) in [6.45, 7) is 5.49. The third-order valence-electron chi connectivity index (χ3n) is 4.16. The number of rotatable bonds is 6. The van der Waals surface area contributed by atoms with Crippen LogP contribution in [-0.2, 0) is 4.79 Å². The van der Waals surface area contributed by atoms with Crippen molar-refractivity contribution in [3.8, 4) is 5.75 Å². The lowest BCUT2D eigenvalue weighted by Crippen LogP contribution is -2.47. The van der Waals surface area contributed by atoms with Crippen molar-refractivity contribution in [2.45, 2.75) is 39.2 Å². The van der Waals surface area contributed by atoms with Crippen LogP contribution in [0.15, 0.2) is 24.3 Å². The fourth-order valence-corrected chi connectivity index (χ4v) is 2.78. The van der Waals surface area contributed by atoms with Crippen molar-refractivity contribution >= 4 is 17.6 Å². The second-order valence-corrected chi connectivity index (χ2v) is 6.49. The zero-order valence-electron chi connectivity index (χ0n) is 14.7. The number of nitrogens with zero attached hydrogens (tertiary/aromatic N) is 1. The molecule has 0 spiro atoms. The van der Waals surface area contributed by atoms with Crippen LogP contribution in [0, 0.1) is 5.92 Å². The topological polar surface area (TPSA) is 70.7 Å². The number of ether oxygens (including phenoxy) is 1. The van der Waals surface area contributed by atoms with E-state index in [-0.39, 0.29) is 18.0 Å². The molecule has 0 radical (unpaired) electrons. The van der Waals surface area contributed by atoms with Crippen LogP contribution in [0.4, 0.5) is 10.5 Å². The Kier molecular flexibility index (Phi) is 6.46. The van der Waals surface area contributed by atoms with E-state index in [1.54, 1.807) is 24.1 Å². The van der Waals surface area contributed by atoms with E-state index in [2.05, 4.69) is 24.5 Å². The van der Waals surface area contributed by atoms with Gasteiger partial charge in [-0.3, -0.25) is 4.79 Å². The van der Waals surface area contributed by atoms with E-state index in [9.17, 15) is 9.59 Å². The van der Waals surface area contributed by atoms with Gasteiger partial charge in [0, 0.05) is 24.8 Å². The Morgan fingerprint density at radius 2 is 2.17 bits per heavy atom. The Labute approximate surface area is 143 Å². The van der Waals surface area contributed by atoms with Crippen LogP contribution in [0.3, 0.4) is 0 Å². The van der Waals surface area contributed by atoms with Crippen LogP contribution in [0.1, 0.15) is 33.1 Å². The van der Waals surface area contributed by atoms with Crippen LogP contribution in [-0.4, -0.2) is 43.1 Å². The van der Waals surface area contributed by atoms with Gasteiger partial charge in [0.25, 0.3) is 0 Å². The third-order valence-corrected chi connectivity index (χ3v) is 4.16. The number of nitrogens with one attached hydrogen (secondary N) is 2. The first-order chi connectivity index (χ1) is 11.5. The zero-order chi connectivity index (χ0) is 17.5. The summed E-state index contributed by atoms with van der Waals surface area (Å²) in [6, 6.07) is 6.55. The first-order valence-electron chi connectivity index (χ1n) is 8.50. The fraction of sp³-hybridized carbons (Fsp3) is 0.556. The van der Waals surface area contributed by atoms with Gasteiger partial charge in [-0.25, -0.2) is 4.79 Å². The maximum Gasteiger partial charge on any atom is 0.322 e. The maximum atomic E-state index is 12.5. The van der Waals surface area contributed by atoms with E-state index in [0.29, 0.717) is 36.9 Å². The largest absolute Gasteiger partial charge is 0.497 e. The van der Waals surface area contributed by atoms with Gasteiger partial charge in [0.2, 0.25) is 5.91 Å². The molecule has 0 aromatic heterocycles. The normalized spacial score (nSPS) is 17.0. The van der Waals surface area contributed by atoms with Gasteiger partial charge in [0.1, 0.15) is 11.8 Å². The Bertz CT molecular complexity index is 574. The number of carbonyl (C=O) groups excluding carboxylic acids is 2.